The first kappa shape index (κ1) is 6.80. The summed E-state index contributed by atoms with van der Waals surface area (Å²) in [6.07, 6.45) is 7.00. The van der Waals surface area contributed by atoms with Crippen molar-refractivity contribution in [3.05, 3.63) is 34.9 Å². The van der Waals surface area contributed by atoms with Gasteiger partial charge in [-0.05, 0) is 6.42 Å². The molecule has 0 aliphatic carbocycles. The van der Waals surface area contributed by atoms with E-state index < -0.39 is 0 Å². The van der Waals surface area contributed by atoms with E-state index in [0.29, 0.717) is 0 Å². The van der Waals surface area contributed by atoms with Crippen molar-refractivity contribution in [1.82, 2.24) is 5.32 Å². The fourth-order valence-corrected chi connectivity index (χ4v) is 1.36. The van der Waals surface area contributed by atoms with Crippen LogP contribution in [0.2, 0.25) is 0 Å². The van der Waals surface area contributed by atoms with Crippen molar-refractivity contribution in [3.63, 3.8) is 0 Å². The van der Waals surface area contributed by atoms with Gasteiger partial charge in [0.2, 0.25) is 0 Å². The third-order valence-electron chi connectivity index (χ3n) is 1.69. The lowest BCUT2D eigenvalue weighted by Gasteiger charge is -2.19. The van der Waals surface area contributed by atoms with Crippen LogP contribution in [-0.2, 0) is 4.74 Å². The van der Waals surface area contributed by atoms with E-state index in [-0.39, 0.29) is 0 Å². The molecule has 1 N–H and O–H groups in total. The van der Waals surface area contributed by atoms with E-state index in [9.17, 15) is 0 Å². The molecule has 0 fully saturated rings. The zero-order valence-corrected chi connectivity index (χ0v) is 6.61. The summed E-state index contributed by atoms with van der Waals surface area (Å²) < 4.78 is 5.10. The van der Waals surface area contributed by atoms with Crippen molar-refractivity contribution in [1.29, 1.82) is 0 Å². The average Bonchev–Trinajstić information content (AvgIpc) is 2.06. The van der Waals surface area contributed by atoms with Gasteiger partial charge in [-0.3, -0.25) is 0 Å². The Balaban J connectivity index is 2.41. The molecule has 2 rings (SSSR count). The van der Waals surface area contributed by atoms with Gasteiger partial charge in [0.15, 0.2) is 6.26 Å². The maximum atomic E-state index is 5.90. The minimum Gasteiger partial charge on any atom is -0.452 e. The second-order valence-corrected chi connectivity index (χ2v) is 2.81. The molecule has 1 radical (unpaired) electrons. The number of hydrogen-bond donors (Lipinski definition) is 1. The molecule has 0 spiro atoms. The van der Waals surface area contributed by atoms with E-state index in [2.05, 4.69) is 11.6 Å². The number of nitrogens with one attached hydrogen (secondary N) is 1. The lowest BCUT2D eigenvalue weighted by atomic mass is 10.1. The summed E-state index contributed by atoms with van der Waals surface area (Å²) in [5, 5.41) is 3.81. The molecule has 57 valence electrons. The van der Waals surface area contributed by atoms with Crippen LogP contribution in [-0.4, -0.2) is 6.54 Å². The lowest BCUT2D eigenvalue weighted by molar-refractivity contribution is 0.319. The van der Waals surface area contributed by atoms with Gasteiger partial charge in [0.1, 0.15) is 5.76 Å². The van der Waals surface area contributed by atoms with E-state index in [4.69, 9.17) is 16.3 Å². The molecule has 0 saturated heterocycles. The summed E-state index contributed by atoms with van der Waals surface area (Å²) in [6, 6.07) is 0. The highest BCUT2D eigenvalue weighted by Gasteiger charge is 2.16. The topological polar surface area (TPSA) is 21.3 Å². The average molecular weight is 169 g/mol. The maximum absolute atomic E-state index is 5.90. The molecule has 2 aliphatic heterocycles. The second kappa shape index (κ2) is 2.62. The number of allylic oxidation sites excluding steroid dienone is 3. The van der Waals surface area contributed by atoms with Crippen LogP contribution in [0.3, 0.4) is 0 Å². The highest BCUT2D eigenvalue weighted by molar-refractivity contribution is 6.31. The van der Waals surface area contributed by atoms with Gasteiger partial charge in [-0.2, -0.15) is 0 Å². The Bertz CT molecular complexity index is 265. The summed E-state index contributed by atoms with van der Waals surface area (Å²) in [6.45, 7) is 0.923. The summed E-state index contributed by atoms with van der Waals surface area (Å²) in [5.74, 6) is 0.795. The van der Waals surface area contributed by atoms with Crippen molar-refractivity contribution in [2.24, 2.45) is 0 Å². The predicted octanol–water partition coefficient (Wildman–Crippen LogP) is 1.66. The minimum absolute atomic E-state index is 0.740. The molecule has 2 nitrogen and oxygen atoms in total. The van der Waals surface area contributed by atoms with Gasteiger partial charge in [-0.25, -0.2) is 0 Å². The van der Waals surface area contributed by atoms with Gasteiger partial charge in [-0.1, -0.05) is 11.6 Å². The minimum atomic E-state index is 0.740. The van der Waals surface area contributed by atoms with Crippen LogP contribution in [0.25, 0.3) is 0 Å². The van der Waals surface area contributed by atoms with Gasteiger partial charge < -0.3 is 10.1 Å². The van der Waals surface area contributed by atoms with Crippen LogP contribution in [0.1, 0.15) is 6.42 Å². The molecule has 2 heterocycles. The highest BCUT2D eigenvalue weighted by atomic mass is 35.5. The molecule has 0 amide bonds. The van der Waals surface area contributed by atoms with Crippen LogP contribution in [0.15, 0.2) is 28.6 Å². The fraction of sp³-hybridized carbons (Fsp3) is 0.250. The number of ether oxygens (including phenoxy) is 1. The standard InChI is InChI=1S/C8H7ClNO/c9-7-2-4-11-8-5-10-3-1-6(7)8/h2,5,10H,1,3H2. The molecule has 2 aliphatic rings. The summed E-state index contributed by atoms with van der Waals surface area (Å²) in [5.41, 5.74) is 1.07. The first-order valence-electron chi connectivity index (χ1n) is 3.46. The van der Waals surface area contributed by atoms with E-state index in [0.717, 1.165) is 29.3 Å². The zero-order chi connectivity index (χ0) is 7.68. The SMILES string of the molecule is ClC1=C2CCNC=C2O[C]=C1. The maximum Gasteiger partial charge on any atom is 0.171 e. The number of fused-ring (bicyclic) bond motifs is 1. The van der Waals surface area contributed by atoms with Crippen molar-refractivity contribution < 1.29 is 4.74 Å². The molecule has 11 heavy (non-hydrogen) atoms. The molecule has 0 aromatic rings. The van der Waals surface area contributed by atoms with Crippen LogP contribution in [0.5, 0.6) is 0 Å². The molecule has 3 heteroatoms. The fourth-order valence-electron chi connectivity index (χ4n) is 1.13. The molecule has 0 bridgehead atoms. The van der Waals surface area contributed by atoms with Gasteiger partial charge in [0.25, 0.3) is 0 Å². The molecule has 0 atom stereocenters. The summed E-state index contributed by atoms with van der Waals surface area (Å²) in [7, 11) is 0. The smallest absolute Gasteiger partial charge is 0.171 e. The number of hydrogen-bond acceptors (Lipinski definition) is 2. The van der Waals surface area contributed by atoms with Gasteiger partial charge >= 0.3 is 0 Å². The molecular formula is C8H7ClNO. The summed E-state index contributed by atoms with van der Waals surface area (Å²) >= 11 is 5.90. The Morgan fingerprint density at radius 2 is 2.55 bits per heavy atom. The predicted molar refractivity (Wildman–Crippen MR) is 42.5 cm³/mol. The first-order valence-corrected chi connectivity index (χ1v) is 3.84. The third kappa shape index (κ3) is 1.14. The normalized spacial score (nSPS) is 21.7. The second-order valence-electron chi connectivity index (χ2n) is 2.40. The molecular weight excluding hydrogens is 162 g/mol. The molecule has 0 saturated carbocycles. The van der Waals surface area contributed by atoms with Gasteiger partial charge in [0, 0.05) is 24.4 Å². The first-order chi connectivity index (χ1) is 5.38. The Kier molecular flexibility index (Phi) is 1.62. The van der Waals surface area contributed by atoms with E-state index in [1.54, 1.807) is 6.08 Å². The van der Waals surface area contributed by atoms with Crippen LogP contribution in [0.4, 0.5) is 0 Å². The van der Waals surface area contributed by atoms with Crippen molar-refractivity contribution in [3.8, 4) is 0 Å². The van der Waals surface area contributed by atoms with Crippen LogP contribution >= 0.6 is 11.6 Å². The van der Waals surface area contributed by atoms with E-state index in [1.165, 1.54) is 0 Å². The molecule has 0 unspecified atom stereocenters. The Morgan fingerprint density at radius 1 is 1.64 bits per heavy atom. The Morgan fingerprint density at radius 3 is 3.36 bits per heavy atom. The van der Waals surface area contributed by atoms with Crippen molar-refractivity contribution in [2.45, 2.75) is 6.42 Å². The zero-order valence-electron chi connectivity index (χ0n) is 5.86. The van der Waals surface area contributed by atoms with E-state index >= 15 is 0 Å². The Hall–Kier alpha value is -0.890. The third-order valence-corrected chi connectivity index (χ3v) is 2.03. The highest BCUT2D eigenvalue weighted by Crippen LogP contribution is 2.28. The molecule has 0 aromatic carbocycles. The monoisotopic (exact) mass is 168 g/mol. The summed E-state index contributed by atoms with van der Waals surface area (Å²) in [4.78, 5) is 0. The van der Waals surface area contributed by atoms with Gasteiger partial charge in [-0.15, -0.1) is 0 Å². The van der Waals surface area contributed by atoms with Crippen molar-refractivity contribution >= 4 is 11.6 Å². The quantitative estimate of drug-likeness (QED) is 0.594. The van der Waals surface area contributed by atoms with E-state index in [1.807, 2.05) is 6.20 Å². The molecule has 0 aromatic heterocycles. The lowest BCUT2D eigenvalue weighted by Crippen LogP contribution is -2.18. The van der Waals surface area contributed by atoms with Crippen LogP contribution < -0.4 is 5.32 Å². The number of rotatable bonds is 0. The van der Waals surface area contributed by atoms with Crippen molar-refractivity contribution in [2.75, 3.05) is 6.54 Å². The number of halogens is 1. The van der Waals surface area contributed by atoms with Gasteiger partial charge in [0.05, 0.1) is 5.03 Å². The van der Waals surface area contributed by atoms with Crippen LogP contribution in [0, 0.1) is 6.26 Å². The Labute approximate surface area is 70.2 Å². The largest absolute Gasteiger partial charge is 0.452 e.